The predicted molar refractivity (Wildman–Crippen MR) is 92.9 cm³/mol. The lowest BCUT2D eigenvalue weighted by Gasteiger charge is -2.17. The van der Waals surface area contributed by atoms with Crippen molar-refractivity contribution in [1.29, 1.82) is 0 Å². The maximum absolute atomic E-state index is 6.02. The monoisotopic (exact) mass is 360 g/mol. The first kappa shape index (κ1) is 14.4. The summed E-state index contributed by atoms with van der Waals surface area (Å²) >= 11 is 9.48. The Balaban J connectivity index is 1.92. The highest BCUT2D eigenvalue weighted by atomic mass is 79.9. The van der Waals surface area contributed by atoms with E-state index in [0.717, 1.165) is 21.1 Å². The van der Waals surface area contributed by atoms with Gasteiger partial charge < -0.3 is 5.32 Å². The Morgan fingerprint density at radius 1 is 1.10 bits per heavy atom. The van der Waals surface area contributed by atoms with E-state index in [1.807, 2.05) is 24.3 Å². The van der Waals surface area contributed by atoms with Crippen molar-refractivity contribution in [2.45, 2.75) is 13.0 Å². The van der Waals surface area contributed by atoms with E-state index < -0.39 is 0 Å². The van der Waals surface area contributed by atoms with Crippen LogP contribution in [-0.2, 0) is 0 Å². The van der Waals surface area contributed by atoms with E-state index in [9.17, 15) is 0 Å². The lowest BCUT2D eigenvalue weighted by Crippen LogP contribution is -2.07. The SMILES string of the molecule is CC(Nc1ccnc2cc(Cl)ccc12)c1ccc(Br)cc1. The highest BCUT2D eigenvalue weighted by molar-refractivity contribution is 9.10. The molecule has 0 aliphatic carbocycles. The highest BCUT2D eigenvalue weighted by Crippen LogP contribution is 2.28. The number of hydrogen-bond donors (Lipinski definition) is 1. The molecule has 0 fully saturated rings. The van der Waals surface area contributed by atoms with Crippen molar-refractivity contribution in [1.82, 2.24) is 4.98 Å². The number of nitrogens with zero attached hydrogens (tertiary/aromatic N) is 1. The third-order valence-corrected chi connectivity index (χ3v) is 4.21. The molecular weight excluding hydrogens is 348 g/mol. The second-order valence-electron chi connectivity index (χ2n) is 4.94. The highest BCUT2D eigenvalue weighted by Gasteiger charge is 2.08. The average molecular weight is 362 g/mol. The van der Waals surface area contributed by atoms with E-state index in [0.29, 0.717) is 5.02 Å². The minimum atomic E-state index is 0.208. The number of anilines is 1. The number of aromatic nitrogens is 1. The summed E-state index contributed by atoms with van der Waals surface area (Å²) in [6.07, 6.45) is 1.80. The molecule has 106 valence electrons. The number of nitrogens with one attached hydrogen (secondary N) is 1. The van der Waals surface area contributed by atoms with Crippen molar-refractivity contribution < 1.29 is 0 Å². The van der Waals surface area contributed by atoms with E-state index in [4.69, 9.17) is 11.6 Å². The molecular formula is C17H14BrClN2. The van der Waals surface area contributed by atoms with Crippen molar-refractivity contribution in [3.05, 3.63) is 69.8 Å². The summed E-state index contributed by atoms with van der Waals surface area (Å²) in [5.41, 5.74) is 3.19. The maximum atomic E-state index is 6.02. The minimum absolute atomic E-state index is 0.208. The van der Waals surface area contributed by atoms with Crippen LogP contribution in [0.15, 0.2) is 59.2 Å². The first-order valence-corrected chi connectivity index (χ1v) is 7.87. The smallest absolute Gasteiger partial charge is 0.0737 e. The topological polar surface area (TPSA) is 24.9 Å². The molecule has 0 saturated carbocycles. The first-order chi connectivity index (χ1) is 10.1. The second kappa shape index (κ2) is 6.04. The zero-order valence-electron chi connectivity index (χ0n) is 11.5. The van der Waals surface area contributed by atoms with Crippen molar-refractivity contribution >= 4 is 44.1 Å². The van der Waals surface area contributed by atoms with E-state index in [2.05, 4.69) is 57.4 Å². The number of benzene rings is 2. The van der Waals surface area contributed by atoms with Crippen molar-refractivity contribution in [2.75, 3.05) is 5.32 Å². The molecule has 0 aliphatic heterocycles. The largest absolute Gasteiger partial charge is 0.378 e. The molecule has 1 atom stereocenters. The standard InChI is InChI=1S/C17H14BrClN2/c1-11(12-2-4-13(18)5-3-12)21-16-8-9-20-17-10-14(19)6-7-15(16)17/h2-11H,1H3,(H,20,21). The predicted octanol–water partition coefficient (Wildman–Crippen LogP) is 5.82. The van der Waals surface area contributed by atoms with Gasteiger partial charge in [0.25, 0.3) is 0 Å². The van der Waals surface area contributed by atoms with Gasteiger partial charge in [0.05, 0.1) is 5.52 Å². The van der Waals surface area contributed by atoms with Crippen molar-refractivity contribution in [3.8, 4) is 0 Å². The number of fused-ring (bicyclic) bond motifs is 1. The first-order valence-electron chi connectivity index (χ1n) is 6.70. The summed E-state index contributed by atoms with van der Waals surface area (Å²) in [5.74, 6) is 0. The molecule has 3 aromatic rings. The van der Waals surface area contributed by atoms with Crippen LogP contribution in [0.25, 0.3) is 10.9 Å². The number of hydrogen-bond acceptors (Lipinski definition) is 2. The summed E-state index contributed by atoms with van der Waals surface area (Å²) in [6, 6.07) is 16.3. The Morgan fingerprint density at radius 3 is 2.62 bits per heavy atom. The molecule has 2 nitrogen and oxygen atoms in total. The van der Waals surface area contributed by atoms with Gasteiger partial charge in [-0.15, -0.1) is 0 Å². The molecule has 3 rings (SSSR count). The summed E-state index contributed by atoms with van der Waals surface area (Å²) in [6.45, 7) is 2.14. The van der Waals surface area contributed by atoms with Crippen molar-refractivity contribution in [2.24, 2.45) is 0 Å². The van der Waals surface area contributed by atoms with Gasteiger partial charge in [-0.3, -0.25) is 4.98 Å². The number of pyridine rings is 1. The molecule has 0 saturated heterocycles. The number of halogens is 2. The molecule has 1 aromatic heterocycles. The molecule has 0 radical (unpaired) electrons. The molecule has 1 heterocycles. The Labute approximate surface area is 137 Å². The van der Waals surface area contributed by atoms with Crippen LogP contribution in [0, 0.1) is 0 Å². The normalized spacial score (nSPS) is 12.3. The Hall–Kier alpha value is -1.58. The van der Waals surface area contributed by atoms with Gasteiger partial charge in [0.2, 0.25) is 0 Å². The minimum Gasteiger partial charge on any atom is -0.378 e. The van der Waals surface area contributed by atoms with Crippen LogP contribution in [0.2, 0.25) is 5.02 Å². The molecule has 0 amide bonds. The van der Waals surface area contributed by atoms with Crippen LogP contribution in [0.5, 0.6) is 0 Å². The van der Waals surface area contributed by atoms with Gasteiger partial charge >= 0.3 is 0 Å². The summed E-state index contributed by atoms with van der Waals surface area (Å²) < 4.78 is 1.09. The second-order valence-corrected chi connectivity index (χ2v) is 6.29. The fraction of sp³-hybridized carbons (Fsp3) is 0.118. The van der Waals surface area contributed by atoms with Gasteiger partial charge in [0.1, 0.15) is 0 Å². The van der Waals surface area contributed by atoms with Gasteiger partial charge in [0.15, 0.2) is 0 Å². The lowest BCUT2D eigenvalue weighted by atomic mass is 10.1. The van der Waals surface area contributed by atoms with Crippen LogP contribution < -0.4 is 5.32 Å². The lowest BCUT2D eigenvalue weighted by molar-refractivity contribution is 0.886. The van der Waals surface area contributed by atoms with Crippen LogP contribution in [-0.4, -0.2) is 4.98 Å². The number of rotatable bonds is 3. The molecule has 1 unspecified atom stereocenters. The third-order valence-electron chi connectivity index (χ3n) is 3.45. The molecule has 1 N–H and O–H groups in total. The Bertz CT molecular complexity index is 771. The van der Waals surface area contributed by atoms with Gasteiger partial charge in [-0.1, -0.05) is 39.7 Å². The van der Waals surface area contributed by atoms with Gasteiger partial charge in [-0.2, -0.15) is 0 Å². The molecule has 0 spiro atoms. The van der Waals surface area contributed by atoms with Crippen molar-refractivity contribution in [3.63, 3.8) is 0 Å². The van der Waals surface area contributed by atoms with Gasteiger partial charge in [-0.25, -0.2) is 0 Å². The third kappa shape index (κ3) is 3.20. The fourth-order valence-electron chi connectivity index (χ4n) is 2.32. The molecule has 0 aliphatic rings. The van der Waals surface area contributed by atoms with Crippen LogP contribution in [0.4, 0.5) is 5.69 Å². The van der Waals surface area contributed by atoms with E-state index in [1.54, 1.807) is 6.20 Å². The maximum Gasteiger partial charge on any atom is 0.0737 e. The molecule has 0 bridgehead atoms. The van der Waals surface area contributed by atoms with E-state index in [1.165, 1.54) is 5.56 Å². The van der Waals surface area contributed by atoms with Crippen LogP contribution in [0.3, 0.4) is 0 Å². The molecule has 21 heavy (non-hydrogen) atoms. The zero-order chi connectivity index (χ0) is 14.8. The summed E-state index contributed by atoms with van der Waals surface area (Å²) in [4.78, 5) is 4.36. The average Bonchev–Trinajstić information content (AvgIpc) is 2.47. The van der Waals surface area contributed by atoms with Crippen LogP contribution in [0.1, 0.15) is 18.5 Å². The molecule has 2 aromatic carbocycles. The van der Waals surface area contributed by atoms with Crippen LogP contribution >= 0.6 is 27.5 Å². The van der Waals surface area contributed by atoms with E-state index in [-0.39, 0.29) is 6.04 Å². The zero-order valence-corrected chi connectivity index (χ0v) is 13.8. The quantitative estimate of drug-likeness (QED) is 0.635. The summed E-state index contributed by atoms with van der Waals surface area (Å²) in [5, 5.41) is 5.32. The molecule has 4 heteroatoms. The Morgan fingerprint density at radius 2 is 1.86 bits per heavy atom. The Kier molecular flexibility index (Phi) is 4.13. The van der Waals surface area contributed by atoms with Gasteiger partial charge in [0, 0.05) is 32.8 Å². The van der Waals surface area contributed by atoms with E-state index >= 15 is 0 Å². The summed E-state index contributed by atoms with van der Waals surface area (Å²) in [7, 11) is 0. The fourth-order valence-corrected chi connectivity index (χ4v) is 2.75. The van der Waals surface area contributed by atoms with Gasteiger partial charge in [-0.05, 0) is 48.9 Å².